The van der Waals surface area contributed by atoms with E-state index >= 15 is 0 Å². The average molecular weight is 228 g/mol. The fourth-order valence-corrected chi connectivity index (χ4v) is 2.58. The minimum absolute atomic E-state index is 0.765. The Hall–Kier alpha value is -1.79. The highest BCUT2D eigenvalue weighted by molar-refractivity contribution is 7.15. The minimum atomic E-state index is 0.765. The number of hydrogen-bond donors (Lipinski definition) is 0. The molecular weight excluding hydrogens is 216 g/mol. The Morgan fingerprint density at radius 2 is 1.88 bits per heavy atom. The standard InChI is InChI=1S/C13H12N2S/c1-15(2)13-11(8-14)12(9-16-13)10-6-4-3-5-7-10/h3-7,9H,1-2H3. The molecule has 0 aliphatic rings. The van der Waals surface area contributed by atoms with E-state index in [1.807, 2.05) is 54.7 Å². The molecule has 80 valence electrons. The lowest BCUT2D eigenvalue weighted by molar-refractivity contribution is 1.15. The summed E-state index contributed by atoms with van der Waals surface area (Å²) in [6.45, 7) is 0. The second-order valence-corrected chi connectivity index (χ2v) is 4.56. The summed E-state index contributed by atoms with van der Waals surface area (Å²) in [6.07, 6.45) is 0. The van der Waals surface area contributed by atoms with Crippen molar-refractivity contribution in [3.63, 3.8) is 0 Å². The number of thiophene rings is 1. The summed E-state index contributed by atoms with van der Waals surface area (Å²) in [5, 5.41) is 12.3. The van der Waals surface area contributed by atoms with Gasteiger partial charge in [-0.1, -0.05) is 30.3 Å². The molecule has 0 spiro atoms. The van der Waals surface area contributed by atoms with Gasteiger partial charge in [-0.05, 0) is 5.56 Å². The highest BCUT2D eigenvalue weighted by Gasteiger charge is 2.13. The van der Waals surface area contributed by atoms with Crippen LogP contribution in [0.2, 0.25) is 0 Å². The molecule has 2 rings (SSSR count). The van der Waals surface area contributed by atoms with Gasteiger partial charge in [-0.3, -0.25) is 0 Å². The third-order valence-corrected chi connectivity index (χ3v) is 3.52. The lowest BCUT2D eigenvalue weighted by Crippen LogP contribution is -2.07. The molecule has 0 fully saturated rings. The molecule has 3 heteroatoms. The number of nitriles is 1. The second-order valence-electron chi connectivity index (χ2n) is 3.70. The molecule has 0 saturated carbocycles. The summed E-state index contributed by atoms with van der Waals surface area (Å²) in [6, 6.07) is 12.3. The molecule has 0 atom stereocenters. The maximum Gasteiger partial charge on any atom is 0.109 e. The SMILES string of the molecule is CN(C)c1scc(-c2ccccc2)c1C#N. The highest BCUT2D eigenvalue weighted by Crippen LogP contribution is 2.36. The first-order valence-electron chi connectivity index (χ1n) is 4.98. The van der Waals surface area contributed by atoms with Gasteiger partial charge in [0.1, 0.15) is 11.1 Å². The van der Waals surface area contributed by atoms with E-state index in [-0.39, 0.29) is 0 Å². The van der Waals surface area contributed by atoms with E-state index in [4.69, 9.17) is 0 Å². The van der Waals surface area contributed by atoms with Crippen molar-refractivity contribution in [3.8, 4) is 17.2 Å². The van der Waals surface area contributed by atoms with Crippen LogP contribution in [-0.4, -0.2) is 14.1 Å². The van der Waals surface area contributed by atoms with Crippen molar-refractivity contribution in [2.45, 2.75) is 0 Å². The van der Waals surface area contributed by atoms with Crippen LogP contribution in [0.15, 0.2) is 35.7 Å². The lowest BCUT2D eigenvalue weighted by atomic mass is 10.1. The van der Waals surface area contributed by atoms with Gasteiger partial charge in [-0.15, -0.1) is 11.3 Å². The topological polar surface area (TPSA) is 27.0 Å². The molecule has 0 bridgehead atoms. The van der Waals surface area contributed by atoms with Crippen LogP contribution in [0.1, 0.15) is 5.56 Å². The van der Waals surface area contributed by atoms with Gasteiger partial charge in [0.05, 0.1) is 5.56 Å². The van der Waals surface area contributed by atoms with Crippen LogP contribution >= 0.6 is 11.3 Å². The van der Waals surface area contributed by atoms with Crippen molar-refractivity contribution in [1.29, 1.82) is 5.26 Å². The quantitative estimate of drug-likeness (QED) is 0.788. The summed E-state index contributed by atoms with van der Waals surface area (Å²) in [5.74, 6) is 0. The summed E-state index contributed by atoms with van der Waals surface area (Å²) >= 11 is 1.61. The van der Waals surface area contributed by atoms with E-state index < -0.39 is 0 Å². The largest absolute Gasteiger partial charge is 0.368 e. The number of benzene rings is 1. The zero-order chi connectivity index (χ0) is 11.5. The predicted molar refractivity (Wildman–Crippen MR) is 68.8 cm³/mol. The Bertz CT molecular complexity index is 521. The Labute approximate surface area is 99.4 Å². The van der Waals surface area contributed by atoms with Gasteiger partial charge in [0, 0.05) is 25.0 Å². The molecule has 0 unspecified atom stereocenters. The molecule has 0 radical (unpaired) electrons. The first-order chi connectivity index (χ1) is 7.74. The Morgan fingerprint density at radius 3 is 2.44 bits per heavy atom. The maximum absolute atomic E-state index is 9.23. The molecule has 1 aromatic carbocycles. The van der Waals surface area contributed by atoms with E-state index in [0.717, 1.165) is 21.7 Å². The van der Waals surface area contributed by atoms with Gasteiger partial charge in [0.2, 0.25) is 0 Å². The first-order valence-corrected chi connectivity index (χ1v) is 5.86. The highest BCUT2D eigenvalue weighted by atomic mass is 32.1. The van der Waals surface area contributed by atoms with Gasteiger partial charge >= 0.3 is 0 Å². The smallest absolute Gasteiger partial charge is 0.109 e. The van der Waals surface area contributed by atoms with E-state index in [9.17, 15) is 5.26 Å². The first kappa shape index (κ1) is 10.7. The predicted octanol–water partition coefficient (Wildman–Crippen LogP) is 3.35. The fourth-order valence-electron chi connectivity index (χ4n) is 1.61. The van der Waals surface area contributed by atoms with Crippen molar-refractivity contribution in [1.82, 2.24) is 0 Å². The second kappa shape index (κ2) is 4.38. The van der Waals surface area contributed by atoms with E-state index in [2.05, 4.69) is 6.07 Å². The molecule has 0 N–H and O–H groups in total. The summed E-state index contributed by atoms with van der Waals surface area (Å²) in [4.78, 5) is 1.98. The fraction of sp³-hybridized carbons (Fsp3) is 0.154. The average Bonchev–Trinajstić information content (AvgIpc) is 2.73. The van der Waals surface area contributed by atoms with Crippen molar-refractivity contribution < 1.29 is 0 Å². The van der Waals surface area contributed by atoms with E-state index in [1.165, 1.54) is 0 Å². The van der Waals surface area contributed by atoms with E-state index in [0.29, 0.717) is 0 Å². The molecule has 0 aliphatic heterocycles. The van der Waals surface area contributed by atoms with Crippen molar-refractivity contribution in [2.24, 2.45) is 0 Å². The maximum atomic E-state index is 9.23. The van der Waals surface area contributed by atoms with Crippen LogP contribution in [0.25, 0.3) is 11.1 Å². The molecule has 2 nitrogen and oxygen atoms in total. The van der Waals surface area contributed by atoms with Crippen LogP contribution in [0.3, 0.4) is 0 Å². The van der Waals surface area contributed by atoms with Gasteiger partial charge in [-0.2, -0.15) is 5.26 Å². The van der Waals surface area contributed by atoms with Crippen molar-refractivity contribution >= 4 is 16.3 Å². The minimum Gasteiger partial charge on any atom is -0.368 e. The monoisotopic (exact) mass is 228 g/mol. The molecule has 1 heterocycles. The Balaban J connectivity index is 2.56. The molecule has 0 amide bonds. The molecule has 0 aliphatic carbocycles. The van der Waals surface area contributed by atoms with E-state index in [1.54, 1.807) is 11.3 Å². The van der Waals surface area contributed by atoms with Crippen molar-refractivity contribution in [2.75, 3.05) is 19.0 Å². The van der Waals surface area contributed by atoms with Gasteiger partial charge in [0.25, 0.3) is 0 Å². The van der Waals surface area contributed by atoms with Crippen LogP contribution in [0, 0.1) is 11.3 Å². The van der Waals surface area contributed by atoms with Gasteiger partial charge in [-0.25, -0.2) is 0 Å². The number of anilines is 1. The van der Waals surface area contributed by atoms with Crippen LogP contribution in [-0.2, 0) is 0 Å². The molecule has 16 heavy (non-hydrogen) atoms. The van der Waals surface area contributed by atoms with Crippen molar-refractivity contribution in [3.05, 3.63) is 41.3 Å². The number of nitrogens with zero attached hydrogens (tertiary/aromatic N) is 2. The van der Waals surface area contributed by atoms with Crippen LogP contribution in [0.4, 0.5) is 5.00 Å². The van der Waals surface area contributed by atoms with Crippen LogP contribution in [0.5, 0.6) is 0 Å². The number of hydrogen-bond acceptors (Lipinski definition) is 3. The van der Waals surface area contributed by atoms with Crippen LogP contribution < -0.4 is 4.90 Å². The molecule has 1 aromatic heterocycles. The molecular formula is C13H12N2S. The Morgan fingerprint density at radius 1 is 1.19 bits per heavy atom. The normalized spacial score (nSPS) is 9.81. The third-order valence-electron chi connectivity index (χ3n) is 2.37. The zero-order valence-electron chi connectivity index (χ0n) is 9.27. The summed E-state index contributed by atoms with van der Waals surface area (Å²) < 4.78 is 0. The third kappa shape index (κ3) is 1.80. The molecule has 0 saturated heterocycles. The summed E-state index contributed by atoms with van der Waals surface area (Å²) in [7, 11) is 3.92. The van der Waals surface area contributed by atoms with Gasteiger partial charge in [0.15, 0.2) is 0 Å². The zero-order valence-corrected chi connectivity index (χ0v) is 10.1. The van der Waals surface area contributed by atoms with Gasteiger partial charge < -0.3 is 4.90 Å². The number of rotatable bonds is 2. The Kier molecular flexibility index (Phi) is 2.93. The molecule has 2 aromatic rings. The lowest BCUT2D eigenvalue weighted by Gasteiger charge is -2.09. The summed E-state index contributed by atoms with van der Waals surface area (Å²) in [5.41, 5.74) is 2.89.